The minimum atomic E-state index is -0.163. The Hall–Kier alpha value is -3.45. The van der Waals surface area contributed by atoms with Gasteiger partial charge in [-0.15, -0.1) is 0 Å². The number of hydrogen-bond acceptors (Lipinski definition) is 4. The normalized spacial score (nSPS) is 13.8. The van der Waals surface area contributed by atoms with Gasteiger partial charge in [-0.05, 0) is 50.2 Å². The van der Waals surface area contributed by atoms with Crippen LogP contribution in [0.25, 0.3) is 16.6 Å². The summed E-state index contributed by atoms with van der Waals surface area (Å²) in [7, 11) is 0. The fourth-order valence-electron chi connectivity index (χ4n) is 4.28. The molecule has 0 atom stereocenters. The summed E-state index contributed by atoms with van der Waals surface area (Å²) < 4.78 is 3.49. The van der Waals surface area contributed by atoms with Gasteiger partial charge in [0.15, 0.2) is 0 Å². The number of benzene rings is 2. The smallest absolute Gasteiger partial charge is 0.261 e. The predicted molar refractivity (Wildman–Crippen MR) is 124 cm³/mol. The molecular weight excluding hydrogens is 426 g/mol. The lowest BCUT2D eigenvalue weighted by Crippen LogP contribution is -2.34. The van der Waals surface area contributed by atoms with Crippen LogP contribution in [0.3, 0.4) is 0 Å². The Kier molecular flexibility index (Phi) is 5.06. The van der Waals surface area contributed by atoms with E-state index in [1.54, 1.807) is 32.3 Å². The van der Waals surface area contributed by atoms with Crippen LogP contribution >= 0.6 is 11.6 Å². The molecule has 0 saturated heterocycles. The molecule has 0 N–H and O–H groups in total. The van der Waals surface area contributed by atoms with E-state index in [0.29, 0.717) is 53.4 Å². The SMILES string of the molecule is Cc1cc(C)n(-c2ccc(Cl)c(C(=O)N3CCc4nc5ccccc5c(=O)n4CC3)c2)n1. The summed E-state index contributed by atoms with van der Waals surface area (Å²) in [4.78, 5) is 32.8. The van der Waals surface area contributed by atoms with E-state index in [2.05, 4.69) is 10.1 Å². The fraction of sp³-hybridized carbons (Fsp3) is 0.250. The fourth-order valence-corrected chi connectivity index (χ4v) is 4.47. The third kappa shape index (κ3) is 3.48. The van der Waals surface area contributed by atoms with Crippen LogP contribution in [-0.2, 0) is 13.0 Å². The maximum atomic E-state index is 13.4. The van der Waals surface area contributed by atoms with E-state index in [4.69, 9.17) is 11.6 Å². The lowest BCUT2D eigenvalue weighted by molar-refractivity contribution is 0.0759. The summed E-state index contributed by atoms with van der Waals surface area (Å²) in [5.74, 6) is 0.537. The second-order valence-corrected chi connectivity index (χ2v) is 8.45. The van der Waals surface area contributed by atoms with E-state index >= 15 is 0 Å². The molecular formula is C24H22ClN5O2. The van der Waals surface area contributed by atoms with Crippen molar-refractivity contribution in [2.45, 2.75) is 26.8 Å². The van der Waals surface area contributed by atoms with Crippen LogP contribution in [0.15, 0.2) is 53.3 Å². The molecule has 0 bridgehead atoms. The Morgan fingerprint density at radius 2 is 1.84 bits per heavy atom. The number of carbonyl (C=O) groups excluding carboxylic acids is 1. The first kappa shape index (κ1) is 20.5. The van der Waals surface area contributed by atoms with Gasteiger partial charge in [-0.3, -0.25) is 14.2 Å². The van der Waals surface area contributed by atoms with Crippen molar-refractivity contribution in [3.05, 3.63) is 86.7 Å². The highest BCUT2D eigenvalue weighted by Crippen LogP contribution is 2.23. The number of nitrogens with zero attached hydrogens (tertiary/aromatic N) is 5. The molecule has 162 valence electrons. The van der Waals surface area contributed by atoms with Gasteiger partial charge in [-0.1, -0.05) is 23.7 Å². The van der Waals surface area contributed by atoms with Gasteiger partial charge in [0.25, 0.3) is 11.5 Å². The number of fused-ring (bicyclic) bond motifs is 2. The molecule has 1 aliphatic heterocycles. The van der Waals surface area contributed by atoms with Crippen molar-refractivity contribution in [1.82, 2.24) is 24.2 Å². The highest BCUT2D eigenvalue weighted by atomic mass is 35.5. The maximum Gasteiger partial charge on any atom is 0.261 e. The molecule has 2 aromatic heterocycles. The van der Waals surface area contributed by atoms with E-state index < -0.39 is 0 Å². The van der Waals surface area contributed by atoms with E-state index in [9.17, 15) is 9.59 Å². The van der Waals surface area contributed by atoms with Gasteiger partial charge in [-0.25, -0.2) is 9.67 Å². The zero-order chi connectivity index (χ0) is 22.4. The van der Waals surface area contributed by atoms with E-state index in [0.717, 1.165) is 17.1 Å². The molecule has 32 heavy (non-hydrogen) atoms. The van der Waals surface area contributed by atoms with Crippen molar-refractivity contribution in [2.75, 3.05) is 13.1 Å². The second-order valence-electron chi connectivity index (χ2n) is 8.05. The topological polar surface area (TPSA) is 73.0 Å². The summed E-state index contributed by atoms with van der Waals surface area (Å²) in [6.45, 7) is 5.17. The standard InChI is InChI=1S/C24H22ClN5O2/c1-15-13-16(2)30(27-15)17-7-8-20(25)19(14-17)23(31)28-10-9-22-26-21-6-4-3-5-18(21)24(32)29(22)12-11-28/h3-8,13-14H,9-12H2,1-2H3. The van der Waals surface area contributed by atoms with Crippen LogP contribution in [-0.4, -0.2) is 43.2 Å². The number of para-hydroxylation sites is 1. The highest BCUT2D eigenvalue weighted by Gasteiger charge is 2.24. The van der Waals surface area contributed by atoms with Gasteiger partial charge >= 0.3 is 0 Å². The Morgan fingerprint density at radius 3 is 2.62 bits per heavy atom. The van der Waals surface area contributed by atoms with Crippen LogP contribution in [0.4, 0.5) is 0 Å². The lowest BCUT2D eigenvalue weighted by atomic mass is 10.1. The van der Waals surface area contributed by atoms with Crippen LogP contribution in [0.5, 0.6) is 0 Å². The monoisotopic (exact) mass is 447 g/mol. The third-order valence-electron chi connectivity index (χ3n) is 5.86. The average Bonchev–Trinajstić information content (AvgIpc) is 2.99. The molecule has 1 amide bonds. The summed E-state index contributed by atoms with van der Waals surface area (Å²) >= 11 is 6.42. The van der Waals surface area contributed by atoms with Gasteiger partial charge in [0.05, 0.1) is 32.9 Å². The quantitative estimate of drug-likeness (QED) is 0.471. The lowest BCUT2D eigenvalue weighted by Gasteiger charge is -2.21. The molecule has 0 radical (unpaired) electrons. The maximum absolute atomic E-state index is 13.4. The Balaban J connectivity index is 1.46. The number of aryl methyl sites for hydroxylation is 2. The Labute approximate surface area is 189 Å². The number of halogens is 1. The first-order valence-corrected chi connectivity index (χ1v) is 10.9. The molecule has 0 saturated carbocycles. The molecule has 0 unspecified atom stereocenters. The van der Waals surface area contributed by atoms with Crippen LogP contribution in [0, 0.1) is 13.8 Å². The van der Waals surface area contributed by atoms with Gasteiger partial charge < -0.3 is 4.90 Å². The summed E-state index contributed by atoms with van der Waals surface area (Å²) in [5.41, 5.74) is 3.71. The predicted octanol–water partition coefficient (Wildman–Crippen LogP) is 3.55. The van der Waals surface area contributed by atoms with Crippen molar-refractivity contribution >= 4 is 28.4 Å². The largest absolute Gasteiger partial charge is 0.336 e. The number of hydrogen-bond donors (Lipinski definition) is 0. The molecule has 7 nitrogen and oxygen atoms in total. The minimum Gasteiger partial charge on any atom is -0.336 e. The molecule has 3 heterocycles. The molecule has 8 heteroatoms. The van der Waals surface area contributed by atoms with Crippen molar-refractivity contribution in [3.63, 3.8) is 0 Å². The summed E-state index contributed by atoms with van der Waals surface area (Å²) in [6, 6.07) is 14.7. The van der Waals surface area contributed by atoms with Crippen LogP contribution in [0.2, 0.25) is 5.02 Å². The average molecular weight is 448 g/mol. The Bertz CT molecular complexity index is 1420. The van der Waals surface area contributed by atoms with Crippen LogP contribution in [0.1, 0.15) is 27.6 Å². The minimum absolute atomic E-state index is 0.0653. The second kappa shape index (κ2) is 7.91. The summed E-state index contributed by atoms with van der Waals surface area (Å²) in [5, 5.41) is 5.49. The van der Waals surface area contributed by atoms with Crippen molar-refractivity contribution in [2.24, 2.45) is 0 Å². The van der Waals surface area contributed by atoms with Gasteiger partial charge in [0.1, 0.15) is 5.82 Å². The summed E-state index contributed by atoms with van der Waals surface area (Å²) in [6.07, 6.45) is 0.501. The van der Waals surface area contributed by atoms with Crippen LogP contribution < -0.4 is 5.56 Å². The first-order valence-electron chi connectivity index (χ1n) is 10.5. The molecule has 0 aliphatic carbocycles. The molecule has 0 fully saturated rings. The molecule has 2 aromatic carbocycles. The Morgan fingerprint density at radius 1 is 1.03 bits per heavy atom. The van der Waals surface area contributed by atoms with Gasteiger partial charge in [-0.2, -0.15) is 5.10 Å². The van der Waals surface area contributed by atoms with Gasteiger partial charge in [0.2, 0.25) is 0 Å². The van der Waals surface area contributed by atoms with Crippen molar-refractivity contribution < 1.29 is 4.79 Å². The van der Waals surface area contributed by atoms with E-state index in [1.165, 1.54) is 0 Å². The number of amides is 1. The van der Waals surface area contributed by atoms with Gasteiger partial charge in [0, 0.05) is 31.7 Å². The molecule has 0 spiro atoms. The third-order valence-corrected chi connectivity index (χ3v) is 6.19. The molecule has 1 aliphatic rings. The number of carbonyl (C=O) groups is 1. The zero-order valence-corrected chi connectivity index (χ0v) is 18.6. The molecule has 4 aromatic rings. The molecule has 5 rings (SSSR count). The highest BCUT2D eigenvalue weighted by molar-refractivity contribution is 6.33. The van der Waals surface area contributed by atoms with Crippen molar-refractivity contribution in [1.29, 1.82) is 0 Å². The number of aromatic nitrogens is 4. The zero-order valence-electron chi connectivity index (χ0n) is 17.9. The van der Waals surface area contributed by atoms with E-state index in [-0.39, 0.29) is 11.5 Å². The van der Waals surface area contributed by atoms with E-state index in [1.807, 2.05) is 44.2 Å². The number of rotatable bonds is 2. The first-order chi connectivity index (χ1) is 15.4. The van der Waals surface area contributed by atoms with Crippen molar-refractivity contribution in [3.8, 4) is 5.69 Å².